The van der Waals surface area contributed by atoms with Gasteiger partial charge in [-0.25, -0.2) is 4.98 Å². The lowest BCUT2D eigenvalue weighted by atomic mass is 10.1. The second-order valence-electron chi connectivity index (χ2n) is 4.42. The highest BCUT2D eigenvalue weighted by molar-refractivity contribution is 7.80. The predicted octanol–water partition coefficient (Wildman–Crippen LogP) is 4.38. The Balaban J connectivity index is 2.47. The third-order valence-corrected chi connectivity index (χ3v) is 3.72. The van der Waals surface area contributed by atoms with Crippen molar-refractivity contribution in [3.05, 3.63) is 51.1 Å². The Morgan fingerprint density at radius 2 is 1.90 bits per heavy atom. The van der Waals surface area contributed by atoms with Crippen molar-refractivity contribution in [3.8, 4) is 0 Å². The SMILES string of the molecule is Cc1cc(C)c(C(N)=S)c(Nc2ccc(Cl)c(Cl)c2)n1. The summed E-state index contributed by atoms with van der Waals surface area (Å²) in [4.78, 5) is 4.75. The molecule has 0 unspecified atom stereocenters. The molecule has 0 fully saturated rings. The van der Waals surface area contributed by atoms with Gasteiger partial charge < -0.3 is 11.1 Å². The van der Waals surface area contributed by atoms with Crippen LogP contribution in [0.25, 0.3) is 0 Å². The molecule has 20 heavy (non-hydrogen) atoms. The molecule has 0 atom stereocenters. The minimum absolute atomic E-state index is 0.303. The number of aryl methyl sites for hydroxylation is 2. The number of nitrogens with zero attached hydrogens (tertiary/aromatic N) is 1. The van der Waals surface area contributed by atoms with E-state index in [2.05, 4.69) is 10.3 Å². The van der Waals surface area contributed by atoms with Gasteiger partial charge in [0.05, 0.1) is 15.6 Å². The van der Waals surface area contributed by atoms with E-state index in [1.807, 2.05) is 26.0 Å². The highest BCUT2D eigenvalue weighted by Crippen LogP contribution is 2.28. The molecule has 0 saturated carbocycles. The number of nitrogens with two attached hydrogens (primary N) is 1. The second kappa shape index (κ2) is 5.95. The Morgan fingerprint density at radius 3 is 2.50 bits per heavy atom. The molecule has 2 aromatic rings. The summed E-state index contributed by atoms with van der Waals surface area (Å²) in [5, 5.41) is 4.15. The third-order valence-electron chi connectivity index (χ3n) is 2.77. The van der Waals surface area contributed by atoms with E-state index in [0.717, 1.165) is 22.5 Å². The molecule has 0 radical (unpaired) electrons. The lowest BCUT2D eigenvalue weighted by molar-refractivity contribution is 1.17. The molecular formula is C14H13Cl2N3S. The molecule has 6 heteroatoms. The first kappa shape index (κ1) is 15.0. The molecule has 0 saturated heterocycles. The normalized spacial score (nSPS) is 10.4. The Morgan fingerprint density at radius 1 is 1.20 bits per heavy atom. The molecular weight excluding hydrogens is 313 g/mol. The van der Waals surface area contributed by atoms with Gasteiger partial charge in [0.15, 0.2) is 0 Å². The Bertz CT molecular complexity index is 686. The molecule has 104 valence electrons. The fourth-order valence-corrected chi connectivity index (χ4v) is 2.50. The summed E-state index contributed by atoms with van der Waals surface area (Å²) < 4.78 is 0. The van der Waals surface area contributed by atoms with Crippen LogP contribution in [0.5, 0.6) is 0 Å². The van der Waals surface area contributed by atoms with Gasteiger partial charge in [-0.1, -0.05) is 35.4 Å². The number of hydrogen-bond acceptors (Lipinski definition) is 3. The minimum Gasteiger partial charge on any atom is -0.389 e. The van der Waals surface area contributed by atoms with Crippen LogP contribution in [0.15, 0.2) is 24.3 Å². The van der Waals surface area contributed by atoms with Crippen molar-refractivity contribution in [1.29, 1.82) is 0 Å². The molecule has 0 amide bonds. The molecule has 3 N–H and O–H groups in total. The molecule has 0 aliphatic rings. The Kier molecular flexibility index (Phi) is 4.48. The number of pyridine rings is 1. The van der Waals surface area contributed by atoms with E-state index in [4.69, 9.17) is 41.2 Å². The average Bonchev–Trinajstić information content (AvgIpc) is 2.32. The maximum absolute atomic E-state index is 6.00. The third kappa shape index (κ3) is 3.20. The zero-order valence-corrected chi connectivity index (χ0v) is 13.3. The van der Waals surface area contributed by atoms with Crippen molar-refractivity contribution in [2.45, 2.75) is 13.8 Å². The fraction of sp³-hybridized carbons (Fsp3) is 0.143. The summed E-state index contributed by atoms with van der Waals surface area (Å²) in [5.41, 5.74) is 9.14. The maximum Gasteiger partial charge on any atom is 0.141 e. The minimum atomic E-state index is 0.303. The molecule has 1 heterocycles. The molecule has 3 nitrogen and oxygen atoms in total. The van der Waals surface area contributed by atoms with Crippen LogP contribution < -0.4 is 11.1 Å². The summed E-state index contributed by atoms with van der Waals surface area (Å²) in [5.74, 6) is 0.619. The van der Waals surface area contributed by atoms with Crippen LogP contribution in [-0.4, -0.2) is 9.97 Å². The first-order chi connectivity index (χ1) is 9.38. The van der Waals surface area contributed by atoms with Crippen molar-refractivity contribution < 1.29 is 0 Å². The quantitative estimate of drug-likeness (QED) is 0.822. The maximum atomic E-state index is 6.00. The van der Waals surface area contributed by atoms with Crippen molar-refractivity contribution in [1.82, 2.24) is 4.98 Å². The average molecular weight is 326 g/mol. The van der Waals surface area contributed by atoms with Gasteiger partial charge in [-0.3, -0.25) is 0 Å². The number of aromatic nitrogens is 1. The van der Waals surface area contributed by atoms with E-state index in [1.54, 1.807) is 12.1 Å². The Hall–Kier alpha value is -1.36. The summed E-state index contributed by atoms with van der Waals surface area (Å²) in [6.07, 6.45) is 0. The van der Waals surface area contributed by atoms with Gasteiger partial charge in [0.25, 0.3) is 0 Å². The van der Waals surface area contributed by atoms with E-state index in [-0.39, 0.29) is 0 Å². The van der Waals surface area contributed by atoms with Crippen LogP contribution in [0, 0.1) is 13.8 Å². The number of benzene rings is 1. The second-order valence-corrected chi connectivity index (χ2v) is 5.68. The van der Waals surface area contributed by atoms with Gasteiger partial charge in [-0.15, -0.1) is 0 Å². The van der Waals surface area contributed by atoms with Crippen molar-refractivity contribution >= 4 is 51.9 Å². The van der Waals surface area contributed by atoms with E-state index < -0.39 is 0 Å². The molecule has 2 rings (SSSR count). The number of rotatable bonds is 3. The van der Waals surface area contributed by atoms with Crippen LogP contribution in [0.2, 0.25) is 10.0 Å². The number of anilines is 2. The zero-order chi connectivity index (χ0) is 14.9. The van der Waals surface area contributed by atoms with Gasteiger partial charge in [-0.2, -0.15) is 0 Å². The fourth-order valence-electron chi connectivity index (χ4n) is 1.95. The number of nitrogens with one attached hydrogen (secondary N) is 1. The highest BCUT2D eigenvalue weighted by atomic mass is 35.5. The summed E-state index contributed by atoms with van der Waals surface area (Å²) in [6.45, 7) is 3.86. The summed E-state index contributed by atoms with van der Waals surface area (Å²) in [7, 11) is 0. The van der Waals surface area contributed by atoms with E-state index >= 15 is 0 Å². The van der Waals surface area contributed by atoms with Crippen LogP contribution in [0.3, 0.4) is 0 Å². The van der Waals surface area contributed by atoms with Gasteiger partial charge in [-0.05, 0) is 43.7 Å². The van der Waals surface area contributed by atoms with Gasteiger partial charge in [0, 0.05) is 11.4 Å². The Labute approximate surface area is 133 Å². The molecule has 0 aliphatic heterocycles. The first-order valence-electron chi connectivity index (χ1n) is 5.88. The standard InChI is InChI=1S/C14H13Cl2N3S/c1-7-5-8(2)18-14(12(7)13(17)20)19-9-3-4-10(15)11(16)6-9/h3-6H,1-2H3,(H2,17,20)(H,18,19). The molecule has 1 aromatic carbocycles. The molecule has 1 aromatic heterocycles. The number of thiocarbonyl (C=S) groups is 1. The van der Waals surface area contributed by atoms with Crippen LogP contribution in [-0.2, 0) is 0 Å². The first-order valence-corrected chi connectivity index (χ1v) is 7.05. The lowest BCUT2D eigenvalue weighted by Gasteiger charge is -2.14. The summed E-state index contributed by atoms with van der Waals surface area (Å²) in [6, 6.07) is 7.20. The van der Waals surface area contributed by atoms with Gasteiger partial charge >= 0.3 is 0 Å². The molecule has 0 bridgehead atoms. The van der Waals surface area contributed by atoms with Crippen molar-refractivity contribution in [2.24, 2.45) is 5.73 Å². The topological polar surface area (TPSA) is 50.9 Å². The lowest BCUT2D eigenvalue weighted by Crippen LogP contribution is -2.15. The number of halogens is 2. The zero-order valence-electron chi connectivity index (χ0n) is 11.0. The number of hydrogen-bond donors (Lipinski definition) is 2. The van der Waals surface area contributed by atoms with Gasteiger partial charge in [0.2, 0.25) is 0 Å². The molecule has 0 aliphatic carbocycles. The monoisotopic (exact) mass is 325 g/mol. The van der Waals surface area contributed by atoms with E-state index in [9.17, 15) is 0 Å². The predicted molar refractivity (Wildman–Crippen MR) is 89.3 cm³/mol. The van der Waals surface area contributed by atoms with Crippen LogP contribution >= 0.6 is 35.4 Å². The smallest absolute Gasteiger partial charge is 0.141 e. The molecule has 0 spiro atoms. The van der Waals surface area contributed by atoms with Crippen molar-refractivity contribution in [2.75, 3.05) is 5.32 Å². The highest BCUT2D eigenvalue weighted by Gasteiger charge is 2.12. The van der Waals surface area contributed by atoms with Gasteiger partial charge in [0.1, 0.15) is 10.8 Å². The van der Waals surface area contributed by atoms with E-state index in [0.29, 0.717) is 20.9 Å². The van der Waals surface area contributed by atoms with Crippen molar-refractivity contribution in [3.63, 3.8) is 0 Å². The van der Waals surface area contributed by atoms with Crippen LogP contribution in [0.1, 0.15) is 16.8 Å². The largest absolute Gasteiger partial charge is 0.389 e. The summed E-state index contributed by atoms with van der Waals surface area (Å²) >= 11 is 17.0. The van der Waals surface area contributed by atoms with E-state index in [1.165, 1.54) is 0 Å². The van der Waals surface area contributed by atoms with Crippen LogP contribution in [0.4, 0.5) is 11.5 Å².